The van der Waals surface area contributed by atoms with Gasteiger partial charge in [-0.15, -0.1) is 0 Å². The van der Waals surface area contributed by atoms with E-state index in [0.29, 0.717) is 19.3 Å². The monoisotopic (exact) mass is 376 g/mol. The van der Waals surface area contributed by atoms with Crippen molar-refractivity contribution in [1.82, 2.24) is 0 Å². The van der Waals surface area contributed by atoms with Crippen molar-refractivity contribution in [2.45, 2.75) is 77.9 Å². The Kier molecular flexibility index (Phi) is 4.09. The highest BCUT2D eigenvalue weighted by atomic mass is 16.5. The number of carboxylic acid groups (broad SMARTS) is 1. The van der Waals surface area contributed by atoms with Gasteiger partial charge in [0.05, 0.1) is 11.5 Å². The first-order valence-corrected chi connectivity index (χ1v) is 10.3. The number of aliphatic hydroxyl groups is 1. The van der Waals surface area contributed by atoms with E-state index in [0.717, 1.165) is 31.3 Å². The second-order valence-electron chi connectivity index (χ2n) is 10.2. The number of hydrogen-bond donors (Lipinski definition) is 2. The Morgan fingerprint density at radius 3 is 2.52 bits per heavy atom. The van der Waals surface area contributed by atoms with Gasteiger partial charge in [0, 0.05) is 18.3 Å². The van der Waals surface area contributed by atoms with Gasteiger partial charge < -0.3 is 14.9 Å². The SMILES string of the molecule is C=C1C[C@]23C[C@H]1[C@@H](OC(C)=O)C[C@H]2[C@]1(C)CCC[C@@](C)(C(=O)O)[C@H]1C[C@H]3O. The predicted octanol–water partition coefficient (Wildman–Crippen LogP) is 3.55. The van der Waals surface area contributed by atoms with Gasteiger partial charge in [-0.1, -0.05) is 25.5 Å². The Balaban J connectivity index is 1.78. The molecule has 5 nitrogen and oxygen atoms in total. The molecule has 0 unspecified atom stereocenters. The number of carbonyl (C=O) groups is 2. The van der Waals surface area contributed by atoms with E-state index in [1.54, 1.807) is 0 Å². The number of hydrogen-bond acceptors (Lipinski definition) is 4. The average Bonchev–Trinajstić information content (AvgIpc) is 2.86. The summed E-state index contributed by atoms with van der Waals surface area (Å²) in [7, 11) is 0. The lowest BCUT2D eigenvalue weighted by Crippen LogP contribution is -2.63. The summed E-state index contributed by atoms with van der Waals surface area (Å²) in [4.78, 5) is 23.9. The van der Waals surface area contributed by atoms with Gasteiger partial charge in [-0.25, -0.2) is 0 Å². The van der Waals surface area contributed by atoms with Gasteiger partial charge in [0.25, 0.3) is 0 Å². The lowest BCUT2D eigenvalue weighted by molar-refractivity contribution is -0.219. The van der Waals surface area contributed by atoms with Crippen LogP contribution in [0.4, 0.5) is 0 Å². The molecule has 0 aliphatic heterocycles. The predicted molar refractivity (Wildman–Crippen MR) is 99.8 cm³/mol. The number of carbonyl (C=O) groups excluding carboxylic acids is 1. The Bertz CT molecular complexity index is 701. The molecule has 2 bridgehead atoms. The molecule has 5 heteroatoms. The van der Waals surface area contributed by atoms with Crippen molar-refractivity contribution in [3.05, 3.63) is 12.2 Å². The summed E-state index contributed by atoms with van der Waals surface area (Å²) in [5, 5.41) is 21.3. The van der Waals surface area contributed by atoms with Crippen LogP contribution in [0.25, 0.3) is 0 Å². The molecule has 8 atom stereocenters. The van der Waals surface area contributed by atoms with Gasteiger partial charge in [-0.2, -0.15) is 0 Å². The molecule has 4 saturated carbocycles. The summed E-state index contributed by atoms with van der Waals surface area (Å²) in [5.74, 6) is -0.816. The molecule has 27 heavy (non-hydrogen) atoms. The number of carboxylic acids is 1. The van der Waals surface area contributed by atoms with Crippen molar-refractivity contribution in [3.8, 4) is 0 Å². The summed E-state index contributed by atoms with van der Waals surface area (Å²) >= 11 is 0. The van der Waals surface area contributed by atoms with Crippen molar-refractivity contribution in [2.75, 3.05) is 0 Å². The summed E-state index contributed by atoms with van der Waals surface area (Å²) in [5.41, 5.74) is -0.125. The first kappa shape index (κ1) is 19.0. The Hall–Kier alpha value is -1.36. The van der Waals surface area contributed by atoms with E-state index in [1.165, 1.54) is 6.92 Å². The van der Waals surface area contributed by atoms with E-state index < -0.39 is 17.5 Å². The minimum atomic E-state index is -0.807. The molecular formula is C22H32O5. The molecule has 0 amide bonds. The minimum Gasteiger partial charge on any atom is -0.481 e. The number of fused-ring (bicyclic) bond motifs is 3. The molecule has 4 fully saturated rings. The molecule has 0 saturated heterocycles. The second-order valence-corrected chi connectivity index (χ2v) is 10.2. The third kappa shape index (κ3) is 2.39. The Morgan fingerprint density at radius 1 is 1.19 bits per heavy atom. The maximum Gasteiger partial charge on any atom is 0.309 e. The van der Waals surface area contributed by atoms with E-state index in [1.807, 2.05) is 6.92 Å². The van der Waals surface area contributed by atoms with Crippen LogP contribution in [-0.4, -0.2) is 34.4 Å². The second kappa shape index (κ2) is 5.82. The quantitative estimate of drug-likeness (QED) is 0.569. The van der Waals surface area contributed by atoms with Gasteiger partial charge in [0.15, 0.2) is 0 Å². The van der Waals surface area contributed by atoms with E-state index in [9.17, 15) is 19.8 Å². The number of aliphatic hydroxyl groups excluding tert-OH is 1. The van der Waals surface area contributed by atoms with Crippen molar-refractivity contribution < 1.29 is 24.5 Å². The van der Waals surface area contributed by atoms with Gasteiger partial charge in [0.2, 0.25) is 0 Å². The topological polar surface area (TPSA) is 83.8 Å². The fourth-order valence-electron chi connectivity index (χ4n) is 7.80. The normalized spacial score (nSPS) is 51.3. The zero-order chi connectivity index (χ0) is 19.8. The van der Waals surface area contributed by atoms with E-state index in [-0.39, 0.29) is 40.7 Å². The number of ether oxygens (including phenoxy) is 1. The molecule has 0 aromatic carbocycles. The summed E-state index contributed by atoms with van der Waals surface area (Å²) < 4.78 is 5.70. The molecule has 150 valence electrons. The average molecular weight is 376 g/mol. The third-order valence-electron chi connectivity index (χ3n) is 8.99. The zero-order valence-electron chi connectivity index (χ0n) is 16.7. The molecule has 4 aliphatic rings. The van der Waals surface area contributed by atoms with Crippen LogP contribution in [0, 0.1) is 34.0 Å². The van der Waals surface area contributed by atoms with Gasteiger partial charge in [-0.05, 0) is 62.7 Å². The number of rotatable bonds is 2. The van der Waals surface area contributed by atoms with Crippen molar-refractivity contribution in [1.29, 1.82) is 0 Å². The highest BCUT2D eigenvalue weighted by Gasteiger charge is 2.69. The van der Waals surface area contributed by atoms with E-state index in [2.05, 4.69) is 13.5 Å². The largest absolute Gasteiger partial charge is 0.481 e. The van der Waals surface area contributed by atoms with Gasteiger partial charge in [-0.3, -0.25) is 9.59 Å². The summed E-state index contributed by atoms with van der Waals surface area (Å²) in [6.45, 7) is 9.81. The van der Waals surface area contributed by atoms with Crippen LogP contribution < -0.4 is 0 Å². The molecule has 4 rings (SSSR count). The van der Waals surface area contributed by atoms with Crippen molar-refractivity contribution in [3.63, 3.8) is 0 Å². The highest BCUT2D eigenvalue weighted by Crippen LogP contribution is 2.72. The van der Waals surface area contributed by atoms with Crippen LogP contribution in [0.2, 0.25) is 0 Å². The maximum atomic E-state index is 12.2. The van der Waals surface area contributed by atoms with Crippen LogP contribution in [-0.2, 0) is 14.3 Å². The van der Waals surface area contributed by atoms with Crippen LogP contribution in [0.5, 0.6) is 0 Å². The minimum absolute atomic E-state index is 0.0646. The van der Waals surface area contributed by atoms with Crippen LogP contribution in [0.3, 0.4) is 0 Å². The van der Waals surface area contributed by atoms with Crippen molar-refractivity contribution in [2.24, 2.45) is 34.0 Å². The third-order valence-corrected chi connectivity index (χ3v) is 8.99. The number of esters is 1. The maximum absolute atomic E-state index is 12.2. The smallest absolute Gasteiger partial charge is 0.309 e. The van der Waals surface area contributed by atoms with Crippen molar-refractivity contribution >= 4 is 11.9 Å². The lowest BCUT2D eigenvalue weighted by Gasteiger charge is -2.65. The summed E-state index contributed by atoms with van der Waals surface area (Å²) in [6, 6.07) is 0. The highest BCUT2D eigenvalue weighted by molar-refractivity contribution is 5.75. The van der Waals surface area contributed by atoms with Crippen LogP contribution in [0.1, 0.15) is 65.7 Å². The van der Waals surface area contributed by atoms with Gasteiger partial charge >= 0.3 is 11.9 Å². The molecule has 2 N–H and O–H groups in total. The zero-order valence-corrected chi connectivity index (χ0v) is 16.7. The Morgan fingerprint density at radius 2 is 1.89 bits per heavy atom. The lowest BCUT2D eigenvalue weighted by atomic mass is 9.40. The summed E-state index contributed by atoms with van der Waals surface area (Å²) in [6.07, 6.45) is 4.66. The molecule has 4 aliphatic carbocycles. The first-order chi connectivity index (χ1) is 12.5. The fraction of sp³-hybridized carbons (Fsp3) is 0.818. The van der Waals surface area contributed by atoms with E-state index >= 15 is 0 Å². The first-order valence-electron chi connectivity index (χ1n) is 10.3. The molecule has 0 heterocycles. The Labute approximate surface area is 161 Å². The fourth-order valence-corrected chi connectivity index (χ4v) is 7.80. The van der Waals surface area contributed by atoms with Crippen LogP contribution in [0.15, 0.2) is 12.2 Å². The molecule has 1 spiro atoms. The molecule has 0 aromatic rings. The standard InChI is InChI=1S/C22H32O5/c1-12-10-22-11-14(12)15(27-13(2)23)8-17(22)20(3)6-5-7-21(4,19(25)26)16(20)9-18(22)24/h14-18,24H,1,5-11H2,2-4H3,(H,25,26)/t14-,15+,16+,17+,18-,20-,21-,22+/m1/s1. The van der Waals surface area contributed by atoms with E-state index in [4.69, 9.17) is 4.74 Å². The molecule has 0 radical (unpaired) electrons. The number of aliphatic carboxylic acids is 1. The van der Waals surface area contributed by atoms with Gasteiger partial charge in [0.1, 0.15) is 6.10 Å². The molecular weight excluding hydrogens is 344 g/mol. The van der Waals surface area contributed by atoms with Crippen LogP contribution >= 0.6 is 0 Å². The molecule has 0 aromatic heterocycles.